The zero-order valence-corrected chi connectivity index (χ0v) is 18.5. The van der Waals surface area contributed by atoms with Crippen LogP contribution in [0.1, 0.15) is 18.1 Å². The van der Waals surface area contributed by atoms with Crippen LogP contribution in [0.5, 0.6) is 0 Å². The van der Waals surface area contributed by atoms with Gasteiger partial charge in [0.1, 0.15) is 29.0 Å². The number of anilines is 2. The molecule has 3 aromatic heterocycles. The van der Waals surface area contributed by atoms with Gasteiger partial charge in [-0.05, 0) is 19.1 Å². The lowest BCUT2D eigenvalue weighted by atomic mass is 9.80. The molecule has 10 nitrogen and oxygen atoms in total. The number of nitrogens with one attached hydrogen (secondary N) is 2. The van der Waals surface area contributed by atoms with Gasteiger partial charge in [0.05, 0.1) is 29.6 Å². The Hall–Kier alpha value is -4.32. The lowest BCUT2D eigenvalue weighted by Crippen LogP contribution is -2.50. The molecular weight excluding hydrogens is 460 g/mol. The monoisotopic (exact) mass is 477 g/mol. The summed E-state index contributed by atoms with van der Waals surface area (Å²) in [7, 11) is 1.34. The molecule has 1 aromatic carbocycles. The summed E-state index contributed by atoms with van der Waals surface area (Å²) in [6.45, 7) is 1.61. The van der Waals surface area contributed by atoms with E-state index in [1.54, 1.807) is 25.1 Å². The Morgan fingerprint density at radius 3 is 2.63 bits per heavy atom. The van der Waals surface area contributed by atoms with Gasteiger partial charge in [-0.2, -0.15) is 5.10 Å². The molecule has 0 unspecified atom stereocenters. The number of rotatable bonds is 4. The van der Waals surface area contributed by atoms with Gasteiger partial charge < -0.3 is 15.4 Å². The fraction of sp³-hybridized carbons (Fsp3) is 0.217. The molecule has 2 N–H and O–H groups in total. The number of methoxy groups -OCH3 is 1. The highest BCUT2D eigenvalue weighted by molar-refractivity contribution is 6.13. The van der Waals surface area contributed by atoms with Crippen molar-refractivity contribution in [1.82, 2.24) is 24.7 Å². The lowest BCUT2D eigenvalue weighted by Gasteiger charge is -2.35. The van der Waals surface area contributed by atoms with Crippen LogP contribution in [0.25, 0.3) is 22.6 Å². The minimum atomic E-state index is -1.56. The minimum absolute atomic E-state index is 0.0190. The molecule has 4 aromatic rings. The molecule has 5 heterocycles. The summed E-state index contributed by atoms with van der Waals surface area (Å²) < 4.78 is 35.4. The largest absolute Gasteiger partial charge is 0.363 e. The van der Waals surface area contributed by atoms with Crippen molar-refractivity contribution >= 4 is 34.5 Å². The molecule has 0 spiro atoms. The lowest BCUT2D eigenvalue weighted by molar-refractivity contribution is -0.151. The number of carbonyl (C=O) groups is 2. The normalized spacial score (nSPS) is 20.6. The van der Waals surface area contributed by atoms with E-state index in [1.807, 2.05) is 0 Å². The molecule has 6 rings (SSSR count). The van der Waals surface area contributed by atoms with Crippen molar-refractivity contribution in [1.29, 1.82) is 0 Å². The summed E-state index contributed by atoms with van der Waals surface area (Å²) in [5.41, 5.74) is -0.446. The number of ether oxygens (including phenoxy) is 1. The van der Waals surface area contributed by atoms with Crippen molar-refractivity contribution in [2.45, 2.75) is 19.1 Å². The van der Waals surface area contributed by atoms with Crippen molar-refractivity contribution in [3.63, 3.8) is 0 Å². The first-order valence-corrected chi connectivity index (χ1v) is 10.7. The third-order valence-electron chi connectivity index (χ3n) is 6.46. The highest BCUT2D eigenvalue weighted by Gasteiger charge is 2.59. The second kappa shape index (κ2) is 7.34. The van der Waals surface area contributed by atoms with Crippen molar-refractivity contribution in [2.75, 3.05) is 17.7 Å². The number of fused-ring (bicyclic) bond motifs is 1. The molecule has 0 saturated heterocycles. The second-order valence-corrected chi connectivity index (χ2v) is 8.35. The van der Waals surface area contributed by atoms with Crippen LogP contribution in [0.4, 0.5) is 20.4 Å². The fourth-order valence-electron chi connectivity index (χ4n) is 4.70. The molecule has 35 heavy (non-hydrogen) atoms. The van der Waals surface area contributed by atoms with Crippen molar-refractivity contribution in [3.8, 4) is 11.5 Å². The smallest absolute Gasteiger partial charge is 0.263 e. The summed E-state index contributed by atoms with van der Waals surface area (Å²) >= 11 is 0. The van der Waals surface area contributed by atoms with Gasteiger partial charge in [0.15, 0.2) is 17.1 Å². The van der Waals surface area contributed by atoms with Gasteiger partial charge >= 0.3 is 0 Å². The number of aromatic nitrogens is 5. The van der Waals surface area contributed by atoms with E-state index in [2.05, 4.69) is 30.7 Å². The first kappa shape index (κ1) is 21.2. The quantitative estimate of drug-likeness (QED) is 0.463. The molecule has 2 atom stereocenters. The Bertz CT molecular complexity index is 1570. The number of carbonyl (C=O) groups excluding carboxylic acids is 2. The molecule has 0 saturated carbocycles. The molecule has 2 aliphatic heterocycles. The number of benzene rings is 1. The third-order valence-corrected chi connectivity index (χ3v) is 6.46. The molecule has 0 bridgehead atoms. The van der Waals surface area contributed by atoms with Gasteiger partial charge in [0.2, 0.25) is 5.91 Å². The van der Waals surface area contributed by atoms with E-state index in [1.165, 1.54) is 23.9 Å². The van der Waals surface area contributed by atoms with Crippen molar-refractivity contribution < 1.29 is 23.1 Å². The summed E-state index contributed by atoms with van der Waals surface area (Å²) in [6, 6.07) is 7.44. The van der Waals surface area contributed by atoms with Crippen molar-refractivity contribution in [2.24, 2.45) is 5.92 Å². The van der Waals surface area contributed by atoms with Crippen LogP contribution < -0.4 is 10.6 Å². The molecule has 12 heteroatoms. The molecule has 2 aliphatic rings. The predicted octanol–water partition coefficient (Wildman–Crippen LogP) is 2.60. The number of nitrogens with zero attached hydrogens (tertiary/aromatic N) is 5. The Balaban J connectivity index is 1.55. The van der Waals surface area contributed by atoms with Crippen LogP contribution in [0.3, 0.4) is 0 Å². The number of amides is 2. The summed E-state index contributed by atoms with van der Waals surface area (Å²) in [4.78, 5) is 38.6. The van der Waals surface area contributed by atoms with Crippen LogP contribution in [0.2, 0.25) is 0 Å². The average Bonchev–Trinajstić information content (AvgIpc) is 3.34. The molecular formula is C23H17F2N7O3. The molecule has 0 radical (unpaired) electrons. The maximum Gasteiger partial charge on any atom is 0.263 e. The summed E-state index contributed by atoms with van der Waals surface area (Å²) in [6.07, 6.45) is 1.04. The standard InChI is InChI=1S/C23H17F2N7O3/c1-10-21(33)29-17-15-18(30-22(34)23(10,15)35-2)28-19(27-17)16-13-7-12(24)8-26-20(13)32(31-16)9-11-5-3-4-6-14(11)25/h3-8,10H,9H2,1-2H3,(H2,27,28,29,30,33,34)/t10-,23+/m1/s1. The maximum absolute atomic E-state index is 14.3. The Labute approximate surface area is 196 Å². The van der Waals surface area contributed by atoms with Gasteiger partial charge in [0.25, 0.3) is 5.91 Å². The maximum atomic E-state index is 14.3. The Kier molecular flexibility index (Phi) is 4.45. The first-order valence-electron chi connectivity index (χ1n) is 10.7. The van der Waals surface area contributed by atoms with E-state index >= 15 is 0 Å². The Morgan fingerprint density at radius 1 is 1.14 bits per heavy atom. The van der Waals surface area contributed by atoms with E-state index < -0.39 is 35.0 Å². The van der Waals surface area contributed by atoms with Crippen LogP contribution in [0, 0.1) is 17.6 Å². The number of halogens is 2. The zero-order chi connectivity index (χ0) is 24.5. The predicted molar refractivity (Wildman–Crippen MR) is 119 cm³/mol. The minimum Gasteiger partial charge on any atom is -0.363 e. The van der Waals surface area contributed by atoms with E-state index in [9.17, 15) is 18.4 Å². The average molecular weight is 477 g/mol. The number of hydrogen-bond acceptors (Lipinski definition) is 7. The number of hydrogen-bond donors (Lipinski definition) is 2. The highest BCUT2D eigenvalue weighted by atomic mass is 19.1. The van der Waals surface area contributed by atoms with Gasteiger partial charge in [0, 0.05) is 12.7 Å². The molecule has 2 amide bonds. The van der Waals surface area contributed by atoms with Gasteiger partial charge in [-0.3, -0.25) is 9.59 Å². The molecule has 176 valence electrons. The van der Waals surface area contributed by atoms with Crippen LogP contribution in [-0.2, 0) is 26.5 Å². The zero-order valence-electron chi connectivity index (χ0n) is 18.5. The molecule has 0 aliphatic carbocycles. The second-order valence-electron chi connectivity index (χ2n) is 8.35. The summed E-state index contributed by atoms with van der Waals surface area (Å²) in [5.74, 6) is -2.57. The van der Waals surface area contributed by atoms with Gasteiger partial charge in [-0.1, -0.05) is 18.2 Å². The van der Waals surface area contributed by atoms with Crippen molar-refractivity contribution in [3.05, 3.63) is 59.3 Å². The van der Waals surface area contributed by atoms with Crippen LogP contribution in [0.15, 0.2) is 36.5 Å². The summed E-state index contributed by atoms with van der Waals surface area (Å²) in [5, 5.41) is 10.1. The van der Waals surface area contributed by atoms with E-state index in [4.69, 9.17) is 4.74 Å². The fourth-order valence-corrected chi connectivity index (χ4v) is 4.70. The van der Waals surface area contributed by atoms with E-state index in [0.717, 1.165) is 6.20 Å². The topological polar surface area (TPSA) is 124 Å². The van der Waals surface area contributed by atoms with Gasteiger partial charge in [-0.15, -0.1) is 0 Å². The molecule has 0 fully saturated rings. The SMILES string of the molecule is CO[C@]12C(=O)Nc3nc(-c4nn(Cc5ccccc5F)c5ncc(F)cc45)nc(c31)NC(=O)[C@H]2C. The van der Waals surface area contributed by atoms with E-state index in [-0.39, 0.29) is 40.7 Å². The van der Waals surface area contributed by atoms with Crippen LogP contribution in [-0.4, -0.2) is 43.7 Å². The number of pyridine rings is 1. The van der Waals surface area contributed by atoms with Crippen LogP contribution >= 0.6 is 0 Å². The van der Waals surface area contributed by atoms with E-state index in [0.29, 0.717) is 11.1 Å². The van der Waals surface area contributed by atoms with Gasteiger partial charge in [-0.25, -0.2) is 28.4 Å². The third kappa shape index (κ3) is 2.89. The first-order chi connectivity index (χ1) is 16.8. The Morgan fingerprint density at radius 2 is 1.89 bits per heavy atom. The highest BCUT2D eigenvalue weighted by Crippen LogP contribution is 2.49.